The Balaban J connectivity index is 3.17. The maximum Gasteiger partial charge on any atom is 0.314 e. The van der Waals surface area contributed by atoms with Gasteiger partial charge in [-0.15, -0.1) is 0 Å². The third kappa shape index (κ3) is 18.7. The molecule has 0 aliphatic rings. The molecule has 0 rings (SSSR count). The average Bonchev–Trinajstić information content (AvgIpc) is 2.55. The summed E-state index contributed by atoms with van der Waals surface area (Å²) in [7, 11) is 0. The number of hydrogen-bond acceptors (Lipinski definition) is 3. The van der Waals surface area contributed by atoms with Crippen molar-refractivity contribution < 1.29 is 19.8 Å². The fraction of sp³-hybridized carbons (Fsp3) is 0.889. The Morgan fingerprint density at radius 3 is 1.50 bits per heavy atom. The molecule has 0 unspecified atom stereocenters. The van der Waals surface area contributed by atoms with Crippen LogP contribution in [0.15, 0.2) is 0 Å². The number of rotatable bonds is 17. The smallest absolute Gasteiger partial charge is 0.314 e. The van der Waals surface area contributed by atoms with Crippen LogP contribution < -0.4 is 10.6 Å². The van der Waals surface area contributed by atoms with E-state index in [1.165, 1.54) is 25.7 Å². The Morgan fingerprint density at radius 2 is 1.04 bits per heavy atom. The highest BCUT2D eigenvalue weighted by Gasteiger charge is 2.00. The molecule has 0 heterocycles. The van der Waals surface area contributed by atoms with E-state index in [1.54, 1.807) is 0 Å². The lowest BCUT2D eigenvalue weighted by Gasteiger charge is -2.07. The molecule has 4 N–H and O–H groups in total. The van der Waals surface area contributed by atoms with Crippen LogP contribution in [-0.2, 0) is 4.79 Å². The number of unbranched alkanes of at least 4 members (excludes halogenated alkanes) is 10. The molecule has 24 heavy (non-hydrogen) atoms. The second-order valence-corrected chi connectivity index (χ2v) is 6.29. The molecule has 0 aliphatic carbocycles. The quantitative estimate of drug-likeness (QED) is 0.304. The van der Waals surface area contributed by atoms with Crippen LogP contribution >= 0.6 is 0 Å². The van der Waals surface area contributed by atoms with E-state index in [2.05, 4.69) is 10.6 Å². The maximum atomic E-state index is 11.5. The molecule has 0 aromatic rings. The van der Waals surface area contributed by atoms with Crippen LogP contribution in [0.3, 0.4) is 0 Å². The van der Waals surface area contributed by atoms with Crippen molar-refractivity contribution in [1.82, 2.24) is 10.6 Å². The molecule has 0 spiro atoms. The summed E-state index contributed by atoms with van der Waals surface area (Å²) < 4.78 is 0. The lowest BCUT2D eigenvalue weighted by Crippen LogP contribution is -2.36. The predicted molar refractivity (Wildman–Crippen MR) is 96.1 cm³/mol. The van der Waals surface area contributed by atoms with Gasteiger partial charge in [0.25, 0.3) is 0 Å². The van der Waals surface area contributed by atoms with Crippen molar-refractivity contribution in [2.45, 2.75) is 83.5 Å². The Hall–Kier alpha value is -1.30. The second-order valence-electron chi connectivity index (χ2n) is 6.29. The minimum Gasteiger partial charge on any atom is -0.481 e. The van der Waals surface area contributed by atoms with E-state index in [4.69, 9.17) is 10.2 Å². The molecule has 0 atom stereocenters. The first-order valence-electron chi connectivity index (χ1n) is 9.51. The summed E-state index contributed by atoms with van der Waals surface area (Å²) in [4.78, 5) is 21.9. The van der Waals surface area contributed by atoms with Crippen LogP contribution in [0.5, 0.6) is 0 Å². The second kappa shape index (κ2) is 18.0. The minimum atomic E-state index is -0.741. The molecular formula is C18H36N2O4. The molecule has 0 aromatic carbocycles. The summed E-state index contributed by atoms with van der Waals surface area (Å²) in [5.74, 6) is -0.741. The third-order valence-corrected chi connectivity index (χ3v) is 3.97. The summed E-state index contributed by atoms with van der Waals surface area (Å²) >= 11 is 0. The molecule has 0 saturated heterocycles. The minimum absolute atomic E-state index is 0.107. The molecule has 0 bridgehead atoms. The van der Waals surface area contributed by atoms with Gasteiger partial charge in [0.2, 0.25) is 0 Å². The molecule has 142 valence electrons. The standard InChI is InChI=1S/C18H36N2O4/c21-16-12-8-4-2-1-3-6-10-14-19-18(24)20-15-11-7-5-9-13-17(22)23/h21H,1-16H2,(H,22,23)(H2,19,20,24). The Kier molecular flexibility index (Phi) is 17.1. The summed E-state index contributed by atoms with van der Waals surface area (Å²) in [6.45, 7) is 1.67. The van der Waals surface area contributed by atoms with Crippen molar-refractivity contribution in [3.8, 4) is 0 Å². The number of nitrogens with one attached hydrogen (secondary N) is 2. The van der Waals surface area contributed by atoms with Crippen molar-refractivity contribution in [3.63, 3.8) is 0 Å². The maximum absolute atomic E-state index is 11.5. The summed E-state index contributed by atoms with van der Waals surface area (Å²) in [6.07, 6.45) is 12.8. The van der Waals surface area contributed by atoms with Gasteiger partial charge in [0.15, 0.2) is 0 Å². The average molecular weight is 344 g/mol. The normalized spacial score (nSPS) is 10.5. The predicted octanol–water partition coefficient (Wildman–Crippen LogP) is 3.43. The number of carboxylic acid groups (broad SMARTS) is 1. The van der Waals surface area contributed by atoms with E-state index in [9.17, 15) is 9.59 Å². The number of hydrogen-bond donors (Lipinski definition) is 4. The van der Waals surface area contributed by atoms with E-state index < -0.39 is 5.97 Å². The monoisotopic (exact) mass is 344 g/mol. The van der Waals surface area contributed by atoms with Crippen LogP contribution in [-0.4, -0.2) is 41.9 Å². The van der Waals surface area contributed by atoms with Crippen LogP contribution in [0.25, 0.3) is 0 Å². The van der Waals surface area contributed by atoms with Gasteiger partial charge in [-0.1, -0.05) is 51.4 Å². The van der Waals surface area contributed by atoms with Gasteiger partial charge in [0.1, 0.15) is 0 Å². The first-order chi connectivity index (χ1) is 11.7. The molecule has 0 fully saturated rings. The van der Waals surface area contributed by atoms with Crippen molar-refractivity contribution in [2.75, 3.05) is 19.7 Å². The number of aliphatic hydroxyl groups excluding tert-OH is 1. The van der Waals surface area contributed by atoms with Crippen LogP contribution in [0.4, 0.5) is 4.79 Å². The zero-order valence-corrected chi connectivity index (χ0v) is 15.0. The van der Waals surface area contributed by atoms with E-state index in [1.807, 2.05) is 0 Å². The van der Waals surface area contributed by atoms with Gasteiger partial charge < -0.3 is 20.8 Å². The van der Waals surface area contributed by atoms with E-state index in [0.717, 1.165) is 51.5 Å². The lowest BCUT2D eigenvalue weighted by molar-refractivity contribution is -0.137. The number of aliphatic hydroxyl groups is 1. The van der Waals surface area contributed by atoms with E-state index in [0.29, 0.717) is 19.6 Å². The van der Waals surface area contributed by atoms with Gasteiger partial charge in [-0.3, -0.25) is 4.79 Å². The molecule has 0 radical (unpaired) electrons. The summed E-state index contributed by atoms with van der Waals surface area (Å²) in [5.41, 5.74) is 0. The van der Waals surface area contributed by atoms with Crippen LogP contribution in [0, 0.1) is 0 Å². The van der Waals surface area contributed by atoms with Crippen molar-refractivity contribution in [1.29, 1.82) is 0 Å². The number of amides is 2. The molecule has 6 heteroatoms. The largest absolute Gasteiger partial charge is 0.481 e. The van der Waals surface area contributed by atoms with Crippen molar-refractivity contribution in [2.24, 2.45) is 0 Å². The van der Waals surface area contributed by atoms with Gasteiger partial charge >= 0.3 is 12.0 Å². The molecule has 6 nitrogen and oxygen atoms in total. The lowest BCUT2D eigenvalue weighted by atomic mass is 10.1. The van der Waals surface area contributed by atoms with Crippen molar-refractivity contribution >= 4 is 12.0 Å². The zero-order chi connectivity index (χ0) is 17.9. The van der Waals surface area contributed by atoms with E-state index >= 15 is 0 Å². The van der Waals surface area contributed by atoms with Gasteiger partial charge in [-0.25, -0.2) is 4.79 Å². The van der Waals surface area contributed by atoms with E-state index in [-0.39, 0.29) is 12.5 Å². The number of carbonyl (C=O) groups is 2. The fourth-order valence-electron chi connectivity index (χ4n) is 2.52. The first-order valence-corrected chi connectivity index (χ1v) is 9.51. The fourth-order valence-corrected chi connectivity index (χ4v) is 2.52. The summed E-state index contributed by atoms with van der Waals surface area (Å²) in [5, 5.41) is 22.9. The van der Waals surface area contributed by atoms with Gasteiger partial charge in [-0.2, -0.15) is 0 Å². The van der Waals surface area contributed by atoms with Crippen molar-refractivity contribution in [3.05, 3.63) is 0 Å². The topological polar surface area (TPSA) is 98.7 Å². The molecule has 0 aromatic heterocycles. The number of urea groups is 1. The summed E-state index contributed by atoms with van der Waals surface area (Å²) in [6, 6.07) is -0.107. The Bertz CT molecular complexity index is 311. The molecular weight excluding hydrogens is 308 g/mol. The van der Waals surface area contributed by atoms with Crippen LogP contribution in [0.1, 0.15) is 83.5 Å². The highest BCUT2D eigenvalue weighted by atomic mass is 16.4. The highest BCUT2D eigenvalue weighted by molar-refractivity contribution is 5.73. The van der Waals surface area contributed by atoms with Crippen LogP contribution in [0.2, 0.25) is 0 Å². The Labute approximate surface area is 146 Å². The first kappa shape index (κ1) is 22.7. The molecule has 0 aliphatic heterocycles. The third-order valence-electron chi connectivity index (χ3n) is 3.97. The highest BCUT2D eigenvalue weighted by Crippen LogP contribution is 2.08. The number of carbonyl (C=O) groups excluding carboxylic acids is 1. The van der Waals surface area contributed by atoms with Gasteiger partial charge in [0, 0.05) is 26.1 Å². The molecule has 2 amide bonds. The SMILES string of the molecule is O=C(O)CCCCCCNC(=O)NCCCCCCCCCCO. The van der Waals surface area contributed by atoms with Gasteiger partial charge in [0.05, 0.1) is 0 Å². The number of carboxylic acids is 1. The van der Waals surface area contributed by atoms with Gasteiger partial charge in [-0.05, 0) is 25.7 Å². The molecule has 0 saturated carbocycles. The number of aliphatic carboxylic acids is 1. The Morgan fingerprint density at radius 1 is 0.625 bits per heavy atom. The zero-order valence-electron chi connectivity index (χ0n) is 15.0.